The van der Waals surface area contributed by atoms with Crippen LogP contribution in [0.1, 0.15) is 5.56 Å². The Balaban J connectivity index is 2.49. The number of nitrogens with zero attached hydrogens (tertiary/aromatic N) is 1. The van der Waals surface area contributed by atoms with Crippen molar-refractivity contribution in [3.8, 4) is 11.1 Å². The van der Waals surface area contributed by atoms with Gasteiger partial charge in [-0.2, -0.15) is 13.2 Å². The standard InChI is InChI=1S/C14H10F3N3O2S/c15-14(16,17)10-2-1-3-11(23(18,21)22)12(10)8-4-6-19-13-9(8)5-7-20-13/h1-7H,(H,19,20)(H2,18,21,22). The number of fused-ring (bicyclic) bond motifs is 1. The number of hydrogen-bond acceptors (Lipinski definition) is 3. The summed E-state index contributed by atoms with van der Waals surface area (Å²) < 4.78 is 63.6. The zero-order valence-corrected chi connectivity index (χ0v) is 12.2. The highest BCUT2D eigenvalue weighted by Crippen LogP contribution is 2.42. The molecule has 0 aliphatic heterocycles. The minimum absolute atomic E-state index is 0.0909. The summed E-state index contributed by atoms with van der Waals surface area (Å²) in [6.45, 7) is 0. The molecule has 3 aromatic rings. The van der Waals surface area contributed by atoms with Crippen LogP contribution >= 0.6 is 0 Å². The predicted octanol–water partition coefficient (Wildman–Crippen LogP) is 2.90. The van der Waals surface area contributed by atoms with Gasteiger partial charge in [0.05, 0.1) is 10.5 Å². The molecule has 2 heterocycles. The van der Waals surface area contributed by atoms with E-state index >= 15 is 0 Å². The Morgan fingerprint density at radius 2 is 1.87 bits per heavy atom. The number of H-pyrrole nitrogens is 1. The topological polar surface area (TPSA) is 88.8 Å². The molecule has 120 valence electrons. The molecule has 3 N–H and O–H groups in total. The first-order chi connectivity index (χ1) is 10.7. The first-order valence-electron chi connectivity index (χ1n) is 6.35. The summed E-state index contributed by atoms with van der Waals surface area (Å²) in [7, 11) is -4.35. The van der Waals surface area contributed by atoms with Gasteiger partial charge < -0.3 is 4.98 Å². The lowest BCUT2D eigenvalue weighted by Gasteiger charge is -2.16. The van der Waals surface area contributed by atoms with Crippen molar-refractivity contribution in [2.75, 3.05) is 0 Å². The van der Waals surface area contributed by atoms with E-state index in [0.717, 1.165) is 18.2 Å². The Bertz CT molecular complexity index is 994. The molecule has 0 fully saturated rings. The van der Waals surface area contributed by atoms with Crippen LogP contribution in [-0.2, 0) is 16.2 Å². The van der Waals surface area contributed by atoms with E-state index in [-0.39, 0.29) is 5.56 Å². The zero-order valence-electron chi connectivity index (χ0n) is 11.4. The molecule has 2 aromatic heterocycles. The van der Waals surface area contributed by atoms with E-state index in [1.54, 1.807) is 0 Å². The molecular weight excluding hydrogens is 331 g/mol. The van der Waals surface area contributed by atoms with Gasteiger partial charge in [-0.15, -0.1) is 0 Å². The molecule has 1 aromatic carbocycles. The SMILES string of the molecule is NS(=O)(=O)c1cccc(C(F)(F)F)c1-c1ccnc2[nH]ccc12. The molecule has 0 aliphatic carbocycles. The van der Waals surface area contributed by atoms with E-state index in [1.165, 1.54) is 24.5 Å². The third-order valence-corrected chi connectivity index (χ3v) is 4.32. The first-order valence-corrected chi connectivity index (χ1v) is 7.89. The van der Waals surface area contributed by atoms with E-state index in [1.807, 2.05) is 0 Å². The summed E-state index contributed by atoms with van der Waals surface area (Å²) >= 11 is 0. The first kappa shape index (κ1) is 15.5. The number of halogens is 3. The van der Waals surface area contributed by atoms with Crippen molar-refractivity contribution in [2.24, 2.45) is 5.14 Å². The monoisotopic (exact) mass is 341 g/mol. The van der Waals surface area contributed by atoms with Gasteiger partial charge in [0.25, 0.3) is 0 Å². The van der Waals surface area contributed by atoms with Crippen molar-refractivity contribution in [1.82, 2.24) is 9.97 Å². The van der Waals surface area contributed by atoms with Crippen molar-refractivity contribution >= 4 is 21.1 Å². The second-order valence-corrected chi connectivity index (χ2v) is 6.35. The number of alkyl halides is 3. The van der Waals surface area contributed by atoms with Gasteiger partial charge in [0.1, 0.15) is 5.65 Å². The van der Waals surface area contributed by atoms with Crippen molar-refractivity contribution in [3.63, 3.8) is 0 Å². The molecule has 0 atom stereocenters. The van der Waals surface area contributed by atoms with Gasteiger partial charge in [-0.25, -0.2) is 18.5 Å². The highest BCUT2D eigenvalue weighted by molar-refractivity contribution is 7.89. The van der Waals surface area contributed by atoms with E-state index in [9.17, 15) is 21.6 Å². The number of aromatic nitrogens is 2. The molecular formula is C14H10F3N3O2S. The van der Waals surface area contributed by atoms with Gasteiger partial charge in [0, 0.05) is 23.3 Å². The van der Waals surface area contributed by atoms with E-state index < -0.39 is 32.2 Å². The number of nitrogens with two attached hydrogens (primary N) is 1. The van der Waals surface area contributed by atoms with Crippen LogP contribution in [0.4, 0.5) is 13.2 Å². The molecule has 9 heteroatoms. The number of nitrogens with one attached hydrogen (secondary N) is 1. The van der Waals surface area contributed by atoms with Crippen LogP contribution < -0.4 is 5.14 Å². The second-order valence-electron chi connectivity index (χ2n) is 4.82. The maximum absolute atomic E-state index is 13.4. The van der Waals surface area contributed by atoms with Gasteiger partial charge >= 0.3 is 6.18 Å². The molecule has 23 heavy (non-hydrogen) atoms. The second kappa shape index (κ2) is 5.07. The highest BCUT2D eigenvalue weighted by Gasteiger charge is 2.36. The number of sulfonamides is 1. The fourth-order valence-electron chi connectivity index (χ4n) is 2.46. The summed E-state index contributed by atoms with van der Waals surface area (Å²) in [5.41, 5.74) is -1.11. The molecule has 0 unspecified atom stereocenters. The lowest BCUT2D eigenvalue weighted by molar-refractivity contribution is -0.137. The van der Waals surface area contributed by atoms with Crippen LogP contribution in [0, 0.1) is 0 Å². The summed E-state index contributed by atoms with van der Waals surface area (Å²) in [6, 6.07) is 5.75. The summed E-state index contributed by atoms with van der Waals surface area (Å²) in [4.78, 5) is 6.18. The average molecular weight is 341 g/mol. The molecule has 0 spiro atoms. The highest BCUT2D eigenvalue weighted by atomic mass is 32.2. The van der Waals surface area contributed by atoms with Gasteiger partial charge in [-0.1, -0.05) is 6.07 Å². The number of benzene rings is 1. The van der Waals surface area contributed by atoms with E-state index in [0.29, 0.717) is 11.0 Å². The third-order valence-electron chi connectivity index (χ3n) is 3.37. The lowest BCUT2D eigenvalue weighted by atomic mass is 9.98. The zero-order chi connectivity index (χ0) is 16.8. The predicted molar refractivity (Wildman–Crippen MR) is 77.9 cm³/mol. The van der Waals surface area contributed by atoms with Gasteiger partial charge in [0.15, 0.2) is 0 Å². The molecule has 0 saturated carbocycles. The van der Waals surface area contributed by atoms with Crippen LogP contribution in [0.3, 0.4) is 0 Å². The number of rotatable bonds is 2. The minimum Gasteiger partial charge on any atom is -0.346 e. The van der Waals surface area contributed by atoms with Gasteiger partial charge in [0.2, 0.25) is 10.0 Å². The lowest BCUT2D eigenvalue weighted by Crippen LogP contribution is -2.17. The minimum atomic E-state index is -4.73. The van der Waals surface area contributed by atoms with Crippen LogP contribution in [0.5, 0.6) is 0 Å². The molecule has 0 aliphatic rings. The average Bonchev–Trinajstić information content (AvgIpc) is 2.93. The number of aromatic amines is 1. The van der Waals surface area contributed by atoms with Crippen molar-refractivity contribution in [3.05, 3.63) is 48.3 Å². The number of hydrogen-bond donors (Lipinski definition) is 2. The third kappa shape index (κ3) is 2.68. The maximum atomic E-state index is 13.4. The Labute approximate surface area is 129 Å². The van der Waals surface area contributed by atoms with Gasteiger partial charge in [-0.3, -0.25) is 0 Å². The normalized spacial score (nSPS) is 12.7. The van der Waals surface area contributed by atoms with E-state index in [2.05, 4.69) is 9.97 Å². The van der Waals surface area contributed by atoms with Crippen molar-refractivity contribution in [2.45, 2.75) is 11.1 Å². The van der Waals surface area contributed by atoms with Crippen LogP contribution in [0.25, 0.3) is 22.2 Å². The van der Waals surface area contributed by atoms with E-state index in [4.69, 9.17) is 5.14 Å². The molecule has 3 rings (SSSR count). The summed E-state index contributed by atoms with van der Waals surface area (Å²) in [5.74, 6) is 0. The van der Waals surface area contributed by atoms with Crippen molar-refractivity contribution < 1.29 is 21.6 Å². The molecule has 0 radical (unpaired) electrons. The number of pyridine rings is 1. The summed E-state index contributed by atoms with van der Waals surface area (Å²) in [6.07, 6.45) is -1.93. The van der Waals surface area contributed by atoms with Crippen LogP contribution in [-0.4, -0.2) is 18.4 Å². The van der Waals surface area contributed by atoms with Crippen LogP contribution in [0.15, 0.2) is 47.6 Å². The Morgan fingerprint density at radius 1 is 1.13 bits per heavy atom. The van der Waals surface area contributed by atoms with Crippen LogP contribution in [0.2, 0.25) is 0 Å². The van der Waals surface area contributed by atoms with Crippen molar-refractivity contribution in [1.29, 1.82) is 0 Å². The fraction of sp³-hybridized carbons (Fsp3) is 0.0714. The summed E-state index contributed by atoms with van der Waals surface area (Å²) in [5, 5.41) is 5.48. The smallest absolute Gasteiger partial charge is 0.346 e. The van der Waals surface area contributed by atoms with Gasteiger partial charge in [-0.05, 0) is 29.8 Å². The molecule has 0 saturated heterocycles. The maximum Gasteiger partial charge on any atom is 0.417 e. The fourth-order valence-corrected chi connectivity index (χ4v) is 3.23. The number of primary sulfonamides is 1. The largest absolute Gasteiger partial charge is 0.417 e. The quantitative estimate of drug-likeness (QED) is 0.751. The Kier molecular flexibility index (Phi) is 3.42. The molecule has 0 amide bonds. The Hall–Kier alpha value is -2.39. The Morgan fingerprint density at radius 3 is 2.52 bits per heavy atom. The molecule has 0 bridgehead atoms. The molecule has 5 nitrogen and oxygen atoms in total.